The molecule has 0 spiro atoms. The van der Waals surface area contributed by atoms with Gasteiger partial charge in [0.25, 0.3) is 0 Å². The lowest BCUT2D eigenvalue weighted by atomic mass is 9.82. The number of primary amides is 1. The Morgan fingerprint density at radius 1 is 0.778 bits per heavy atom. The number of halogens is 1. The van der Waals surface area contributed by atoms with Crippen LogP contribution in [-0.4, -0.2) is 197 Å². The Morgan fingerprint density at radius 3 is 1.91 bits per heavy atom. The standard InChI is InChI=1S/C63H89FN8O18/c1-5-17-80-19-21-82-23-25-84-27-29-86-31-33-88-34-32-87-30-28-85-26-24-83-22-20-81-18-15-55(74)67-37-56(75)69-52(8-7-16-66-62(65)78)60(76)68-45-11-9-44(10-12-45)40-90-63(79)71-51-14-13-47-43(4)50(64)36-53-57(47)58(51)49-38-72(41-73)54(59(49)70-53)35-48-42(3)39-89-61(77)46(48)6-2/h9-12,35-36,41,46,51-52H,5-8,13-34,37-40H2,1-4H3,(H,67,74)(H,68,76)(H,69,75)(H,71,79)(H3,65,66,78)/b54-35-. The normalized spacial score (nSPS) is 16.0. The number of aromatic nitrogens is 1. The van der Waals surface area contributed by atoms with Crippen molar-refractivity contribution in [1.29, 1.82) is 0 Å². The number of allylic oxidation sites excluding steroid dienone is 1. The number of fused-ring (bicyclic) bond motifs is 2. The van der Waals surface area contributed by atoms with Crippen molar-refractivity contribution >= 4 is 64.5 Å². The van der Waals surface area contributed by atoms with Crippen molar-refractivity contribution < 1.29 is 90.1 Å². The number of urea groups is 1. The van der Waals surface area contributed by atoms with Gasteiger partial charge in [0.1, 0.15) is 25.1 Å². The summed E-state index contributed by atoms with van der Waals surface area (Å²) in [6.07, 6.45) is 4.47. The summed E-state index contributed by atoms with van der Waals surface area (Å²) < 4.78 is 75.8. The van der Waals surface area contributed by atoms with Crippen LogP contribution in [0.15, 0.2) is 47.6 Å². The number of benzene rings is 2. The van der Waals surface area contributed by atoms with Gasteiger partial charge in [-0.1, -0.05) is 26.0 Å². The number of anilines is 1. The predicted molar refractivity (Wildman–Crippen MR) is 327 cm³/mol. The van der Waals surface area contributed by atoms with Crippen molar-refractivity contribution in [2.75, 3.05) is 144 Å². The summed E-state index contributed by atoms with van der Waals surface area (Å²) in [7, 11) is 0. The van der Waals surface area contributed by atoms with E-state index in [1.54, 1.807) is 37.3 Å². The van der Waals surface area contributed by atoms with E-state index in [1.807, 2.05) is 13.8 Å². The number of carbonyl (C=O) groups excluding carboxylic acids is 7. The fourth-order valence-electron chi connectivity index (χ4n) is 10.2. The second-order valence-corrected chi connectivity index (χ2v) is 21.4. The highest BCUT2D eigenvalue weighted by atomic mass is 19.1. The Bertz CT molecular complexity index is 2900. The third kappa shape index (κ3) is 23.5. The van der Waals surface area contributed by atoms with Crippen LogP contribution in [0.4, 0.5) is 19.7 Å². The lowest BCUT2D eigenvalue weighted by molar-refractivity contribution is -0.147. The Morgan fingerprint density at radius 2 is 1.36 bits per heavy atom. The predicted octanol–water partition coefficient (Wildman–Crippen LogP) is 4.75. The number of rotatable bonds is 44. The molecule has 3 heterocycles. The Labute approximate surface area is 524 Å². The van der Waals surface area contributed by atoms with Crippen LogP contribution in [0.25, 0.3) is 16.6 Å². The van der Waals surface area contributed by atoms with E-state index in [9.17, 15) is 33.6 Å². The Kier molecular flexibility index (Phi) is 31.8. The molecule has 0 radical (unpaired) electrons. The summed E-state index contributed by atoms with van der Waals surface area (Å²) in [4.78, 5) is 95.9. The summed E-state index contributed by atoms with van der Waals surface area (Å²) in [6, 6.07) is 5.48. The number of nitrogens with one attached hydrogen (secondary N) is 5. The van der Waals surface area contributed by atoms with E-state index in [1.165, 1.54) is 11.0 Å². The average Bonchev–Trinajstić information content (AvgIpc) is 1.38. The fourth-order valence-corrected chi connectivity index (χ4v) is 10.2. The molecule has 3 unspecified atom stereocenters. The largest absolute Gasteiger partial charge is 0.461 e. The highest BCUT2D eigenvalue weighted by molar-refractivity contribution is 5.98. The van der Waals surface area contributed by atoms with E-state index in [0.717, 1.165) is 29.7 Å². The number of pyridine rings is 1. The maximum atomic E-state index is 15.5. The molecule has 27 heteroatoms. The van der Waals surface area contributed by atoms with Gasteiger partial charge in [-0.25, -0.2) is 19.0 Å². The topological polar surface area (TPSA) is 323 Å². The number of hydrogen-bond acceptors (Lipinski definition) is 19. The molecule has 3 aliphatic rings. The van der Waals surface area contributed by atoms with Gasteiger partial charge in [0.15, 0.2) is 0 Å². The van der Waals surface area contributed by atoms with Crippen molar-refractivity contribution in [3.05, 3.63) is 86.9 Å². The molecule has 6 rings (SSSR count). The number of carbonyl (C=O) groups is 7. The second-order valence-electron chi connectivity index (χ2n) is 21.4. The van der Waals surface area contributed by atoms with E-state index in [-0.39, 0.29) is 71.4 Å². The molecular formula is C63H89FN8O18. The zero-order valence-electron chi connectivity index (χ0n) is 52.2. The average molecular weight is 1270 g/mol. The van der Waals surface area contributed by atoms with Crippen LogP contribution in [0.3, 0.4) is 0 Å². The monoisotopic (exact) mass is 1260 g/mol. The summed E-state index contributed by atoms with van der Waals surface area (Å²) in [5.74, 6) is -2.95. The summed E-state index contributed by atoms with van der Waals surface area (Å²) in [5.41, 5.74) is 11.7. The van der Waals surface area contributed by atoms with Crippen molar-refractivity contribution in [2.24, 2.45) is 11.7 Å². The minimum atomic E-state index is -1.07. The molecule has 1 aromatic heterocycles. The molecule has 90 heavy (non-hydrogen) atoms. The number of alkyl carbamates (subject to hydrolysis) is 1. The van der Waals surface area contributed by atoms with Crippen molar-refractivity contribution in [3.63, 3.8) is 0 Å². The SMILES string of the molecule is CCCOCCOCCOCCOCCOCCOCCOCCOCCOCCC(=O)NCC(=O)NC(CCCNC(N)=O)C(=O)Nc1ccc(COC(=O)NC2CCc3c(C)c(F)cc4nc5c(c2c34)CN(C=O)/C5=C\C2=C(C)COC(=O)C2CC)cc1. The van der Waals surface area contributed by atoms with Gasteiger partial charge in [-0.05, 0) is 104 Å². The molecular weight excluding hydrogens is 1180 g/mol. The lowest BCUT2D eigenvalue weighted by Crippen LogP contribution is -2.47. The molecule has 26 nitrogen and oxygen atoms in total. The maximum absolute atomic E-state index is 15.5. The number of nitrogens with two attached hydrogens (primary N) is 1. The van der Waals surface area contributed by atoms with E-state index in [0.29, 0.717) is 168 Å². The molecule has 496 valence electrons. The number of ether oxygens (including phenoxy) is 11. The van der Waals surface area contributed by atoms with Gasteiger partial charge < -0.3 is 89.3 Å². The number of aryl methyl sites for hydroxylation is 1. The van der Waals surface area contributed by atoms with Crippen molar-refractivity contribution in [1.82, 2.24) is 31.2 Å². The molecule has 3 atom stereocenters. The quantitative estimate of drug-likeness (QED) is 0.0253. The molecule has 3 aromatic rings. The molecule has 2 aromatic carbocycles. The number of amides is 7. The van der Waals surface area contributed by atoms with Gasteiger partial charge in [-0.3, -0.25) is 24.0 Å². The van der Waals surface area contributed by atoms with Crippen molar-refractivity contribution in [3.8, 4) is 0 Å². The third-order valence-electron chi connectivity index (χ3n) is 14.8. The minimum Gasteiger partial charge on any atom is -0.461 e. The molecule has 2 aliphatic heterocycles. The van der Waals surface area contributed by atoms with Gasteiger partial charge in [0, 0.05) is 42.3 Å². The molecule has 1 aliphatic carbocycles. The zero-order chi connectivity index (χ0) is 64.5. The molecule has 0 saturated heterocycles. The van der Waals surface area contributed by atoms with Gasteiger partial charge in [-0.2, -0.15) is 0 Å². The van der Waals surface area contributed by atoms with Gasteiger partial charge in [0.2, 0.25) is 24.1 Å². The highest BCUT2D eigenvalue weighted by Gasteiger charge is 2.38. The molecule has 0 saturated carbocycles. The third-order valence-corrected chi connectivity index (χ3v) is 14.8. The van der Waals surface area contributed by atoms with Gasteiger partial charge >= 0.3 is 18.1 Å². The van der Waals surface area contributed by atoms with Crippen LogP contribution in [0, 0.1) is 18.7 Å². The van der Waals surface area contributed by atoms with Gasteiger partial charge in [0.05, 0.1) is 154 Å². The van der Waals surface area contributed by atoms with Gasteiger partial charge in [-0.15, -0.1) is 0 Å². The van der Waals surface area contributed by atoms with E-state index >= 15 is 4.39 Å². The number of cyclic esters (lactones) is 1. The lowest BCUT2D eigenvalue weighted by Gasteiger charge is -2.29. The van der Waals surface area contributed by atoms with Crippen LogP contribution >= 0.6 is 0 Å². The summed E-state index contributed by atoms with van der Waals surface area (Å²) in [6.45, 7) is 15.2. The van der Waals surface area contributed by atoms with E-state index in [4.69, 9.17) is 62.8 Å². The highest BCUT2D eigenvalue weighted by Crippen LogP contribution is 2.45. The molecule has 7 amide bonds. The Balaban J connectivity index is 0.854. The van der Waals surface area contributed by atoms with E-state index in [2.05, 4.69) is 33.5 Å². The first-order chi connectivity index (χ1) is 43.7. The zero-order valence-corrected chi connectivity index (χ0v) is 52.2. The smallest absolute Gasteiger partial charge is 0.407 e. The van der Waals surface area contributed by atoms with Crippen LogP contribution in [0.2, 0.25) is 0 Å². The van der Waals surface area contributed by atoms with Crippen LogP contribution in [0.5, 0.6) is 0 Å². The van der Waals surface area contributed by atoms with Crippen LogP contribution in [0.1, 0.15) is 98.8 Å². The minimum absolute atomic E-state index is 0.0239. The molecule has 0 bridgehead atoms. The number of esters is 1. The second kappa shape index (κ2) is 39.8. The fraction of sp³-hybridized carbons (Fsp3) is 0.587. The summed E-state index contributed by atoms with van der Waals surface area (Å²) >= 11 is 0. The first kappa shape index (κ1) is 71.9. The molecule has 7 N–H and O–H groups in total. The van der Waals surface area contributed by atoms with E-state index < -0.39 is 60.2 Å². The number of hydrogen-bond donors (Lipinski definition) is 6. The van der Waals surface area contributed by atoms with Crippen LogP contribution in [-0.2, 0) is 95.7 Å². The first-order valence-electron chi connectivity index (χ1n) is 30.8. The summed E-state index contributed by atoms with van der Waals surface area (Å²) in [5, 5.41) is 14.1. The Hall–Kier alpha value is -7.21. The molecule has 0 fully saturated rings. The maximum Gasteiger partial charge on any atom is 0.407 e. The van der Waals surface area contributed by atoms with Crippen molar-refractivity contribution in [2.45, 2.75) is 97.9 Å². The first-order valence-corrected chi connectivity index (χ1v) is 30.8. The van der Waals surface area contributed by atoms with Crippen LogP contribution < -0.4 is 32.3 Å². The number of nitrogens with zero attached hydrogens (tertiary/aromatic N) is 2.